The highest BCUT2D eigenvalue weighted by Gasteiger charge is 2.18. The second kappa shape index (κ2) is 5.82. The van der Waals surface area contributed by atoms with Gasteiger partial charge in [-0.3, -0.25) is 4.68 Å². The fourth-order valence-electron chi connectivity index (χ4n) is 1.58. The monoisotopic (exact) mass is 240 g/mol. The van der Waals surface area contributed by atoms with Gasteiger partial charge in [-0.15, -0.1) is 0 Å². The second-order valence-electron chi connectivity index (χ2n) is 4.14. The average molecular weight is 240 g/mol. The van der Waals surface area contributed by atoms with Gasteiger partial charge in [0, 0.05) is 26.3 Å². The van der Waals surface area contributed by atoms with Crippen LogP contribution in [0.3, 0.4) is 0 Å². The number of esters is 1. The zero-order valence-electron chi connectivity index (χ0n) is 11.1. The Kier molecular flexibility index (Phi) is 4.69. The van der Waals surface area contributed by atoms with E-state index in [1.807, 2.05) is 20.9 Å². The van der Waals surface area contributed by atoms with Crippen LogP contribution in [0.1, 0.15) is 35.1 Å². The molecule has 0 N–H and O–H groups in total. The van der Waals surface area contributed by atoms with E-state index in [9.17, 15) is 4.79 Å². The molecular formula is C12H20N2O3. The summed E-state index contributed by atoms with van der Waals surface area (Å²) in [6, 6.07) is 0. The maximum absolute atomic E-state index is 11.9. The first kappa shape index (κ1) is 13.7. The van der Waals surface area contributed by atoms with Crippen molar-refractivity contribution in [2.45, 2.75) is 33.3 Å². The Morgan fingerprint density at radius 2 is 2.12 bits per heavy atom. The van der Waals surface area contributed by atoms with Crippen LogP contribution in [0.2, 0.25) is 0 Å². The van der Waals surface area contributed by atoms with Crippen molar-refractivity contribution in [2.24, 2.45) is 7.05 Å². The van der Waals surface area contributed by atoms with Crippen LogP contribution < -0.4 is 0 Å². The molecule has 0 aliphatic rings. The fourth-order valence-corrected chi connectivity index (χ4v) is 1.58. The number of carbonyl (C=O) groups is 1. The summed E-state index contributed by atoms with van der Waals surface area (Å²) in [5.74, 6) is -0.309. The van der Waals surface area contributed by atoms with Crippen molar-refractivity contribution in [3.63, 3.8) is 0 Å². The predicted octanol–water partition coefficient (Wildman–Crippen LogP) is 1.62. The highest BCUT2D eigenvalue weighted by Crippen LogP contribution is 2.13. The Morgan fingerprint density at radius 1 is 1.47 bits per heavy atom. The summed E-state index contributed by atoms with van der Waals surface area (Å²) in [6.07, 6.45) is 0.791. The molecule has 5 heteroatoms. The van der Waals surface area contributed by atoms with Gasteiger partial charge < -0.3 is 9.47 Å². The first-order valence-corrected chi connectivity index (χ1v) is 5.67. The van der Waals surface area contributed by atoms with Gasteiger partial charge in [-0.1, -0.05) is 0 Å². The van der Waals surface area contributed by atoms with Crippen molar-refractivity contribution < 1.29 is 14.3 Å². The molecule has 1 aromatic rings. The van der Waals surface area contributed by atoms with E-state index < -0.39 is 0 Å². The number of rotatable bonds is 5. The summed E-state index contributed by atoms with van der Waals surface area (Å²) in [4.78, 5) is 11.9. The third-order valence-electron chi connectivity index (χ3n) is 2.87. The molecule has 0 fully saturated rings. The molecule has 0 radical (unpaired) electrons. The van der Waals surface area contributed by atoms with Gasteiger partial charge in [-0.2, -0.15) is 5.10 Å². The lowest BCUT2D eigenvalue weighted by Gasteiger charge is -2.09. The molecule has 1 atom stereocenters. The molecule has 0 spiro atoms. The number of hydrogen-bond acceptors (Lipinski definition) is 4. The van der Waals surface area contributed by atoms with E-state index in [2.05, 4.69) is 5.10 Å². The van der Waals surface area contributed by atoms with Crippen LogP contribution in [-0.2, 0) is 16.5 Å². The lowest BCUT2D eigenvalue weighted by Crippen LogP contribution is -2.13. The molecule has 0 amide bonds. The highest BCUT2D eigenvalue weighted by atomic mass is 16.5. The lowest BCUT2D eigenvalue weighted by atomic mass is 10.2. The van der Waals surface area contributed by atoms with Crippen molar-refractivity contribution in [1.82, 2.24) is 9.78 Å². The summed E-state index contributed by atoms with van der Waals surface area (Å²) in [7, 11) is 3.45. The van der Waals surface area contributed by atoms with Crippen molar-refractivity contribution in [1.29, 1.82) is 0 Å². The zero-order valence-corrected chi connectivity index (χ0v) is 11.1. The number of aryl methyl sites for hydroxylation is 2. The minimum Gasteiger partial charge on any atom is -0.462 e. The molecule has 0 unspecified atom stereocenters. The SMILES string of the molecule is CO[C@@H](C)CCOC(=O)c1c(C)nn(C)c1C. The number of ether oxygens (including phenoxy) is 2. The summed E-state index contributed by atoms with van der Waals surface area (Å²) in [5.41, 5.74) is 2.10. The van der Waals surface area contributed by atoms with Crippen molar-refractivity contribution >= 4 is 5.97 Å². The molecule has 0 aliphatic carbocycles. The van der Waals surface area contributed by atoms with E-state index in [0.29, 0.717) is 24.3 Å². The van der Waals surface area contributed by atoms with Crippen LogP contribution in [0.5, 0.6) is 0 Å². The van der Waals surface area contributed by atoms with E-state index in [4.69, 9.17) is 9.47 Å². The Balaban J connectivity index is 2.58. The van der Waals surface area contributed by atoms with Gasteiger partial charge in [-0.25, -0.2) is 4.79 Å². The average Bonchev–Trinajstić information content (AvgIpc) is 2.52. The molecule has 1 heterocycles. The predicted molar refractivity (Wildman–Crippen MR) is 64.1 cm³/mol. The minimum atomic E-state index is -0.309. The van der Waals surface area contributed by atoms with Gasteiger partial charge >= 0.3 is 5.97 Å². The van der Waals surface area contributed by atoms with Gasteiger partial charge in [0.1, 0.15) is 5.56 Å². The molecule has 0 aliphatic heterocycles. The molecule has 0 aromatic carbocycles. The van der Waals surface area contributed by atoms with Crippen LogP contribution in [0, 0.1) is 13.8 Å². The third-order valence-corrected chi connectivity index (χ3v) is 2.87. The first-order valence-electron chi connectivity index (χ1n) is 5.67. The minimum absolute atomic E-state index is 0.0962. The maximum Gasteiger partial charge on any atom is 0.341 e. The molecule has 0 saturated heterocycles. The van der Waals surface area contributed by atoms with Gasteiger partial charge in [0.25, 0.3) is 0 Å². The molecule has 5 nitrogen and oxygen atoms in total. The Hall–Kier alpha value is -1.36. The Morgan fingerprint density at radius 3 is 2.59 bits per heavy atom. The fraction of sp³-hybridized carbons (Fsp3) is 0.667. The van der Waals surface area contributed by atoms with Crippen LogP contribution in [0.4, 0.5) is 0 Å². The van der Waals surface area contributed by atoms with E-state index in [1.165, 1.54) is 0 Å². The van der Waals surface area contributed by atoms with Gasteiger partial charge in [0.15, 0.2) is 0 Å². The number of nitrogens with zero attached hydrogens (tertiary/aromatic N) is 2. The number of carbonyl (C=O) groups excluding carboxylic acids is 1. The summed E-state index contributed by atoms with van der Waals surface area (Å²) < 4.78 is 12.0. The van der Waals surface area contributed by atoms with Crippen molar-refractivity contribution in [2.75, 3.05) is 13.7 Å². The normalized spacial score (nSPS) is 12.5. The van der Waals surface area contributed by atoms with E-state index >= 15 is 0 Å². The second-order valence-corrected chi connectivity index (χ2v) is 4.14. The van der Waals surface area contributed by atoms with Crippen molar-refractivity contribution in [3.8, 4) is 0 Å². The molecular weight excluding hydrogens is 220 g/mol. The lowest BCUT2D eigenvalue weighted by molar-refractivity contribution is 0.0389. The van der Waals surface area contributed by atoms with Gasteiger partial charge in [-0.05, 0) is 20.8 Å². The zero-order chi connectivity index (χ0) is 13.0. The standard InChI is InChI=1S/C12H20N2O3/c1-8(16-5)6-7-17-12(15)11-9(2)13-14(4)10(11)3/h8H,6-7H2,1-5H3/t8-/m0/s1. The Bertz CT molecular complexity index is 399. The molecule has 17 heavy (non-hydrogen) atoms. The largest absolute Gasteiger partial charge is 0.462 e. The smallest absolute Gasteiger partial charge is 0.341 e. The topological polar surface area (TPSA) is 53.4 Å². The van der Waals surface area contributed by atoms with E-state index in [-0.39, 0.29) is 12.1 Å². The van der Waals surface area contributed by atoms with E-state index in [0.717, 1.165) is 5.69 Å². The molecule has 1 aromatic heterocycles. The highest BCUT2D eigenvalue weighted by molar-refractivity contribution is 5.91. The van der Waals surface area contributed by atoms with Crippen LogP contribution >= 0.6 is 0 Å². The van der Waals surface area contributed by atoms with Crippen LogP contribution in [0.15, 0.2) is 0 Å². The number of aromatic nitrogens is 2. The molecule has 0 saturated carbocycles. The summed E-state index contributed by atoms with van der Waals surface area (Å²) in [6.45, 7) is 5.96. The van der Waals surface area contributed by atoms with Gasteiger partial charge in [0.2, 0.25) is 0 Å². The maximum atomic E-state index is 11.9. The van der Waals surface area contributed by atoms with Crippen LogP contribution in [0.25, 0.3) is 0 Å². The van der Waals surface area contributed by atoms with Crippen molar-refractivity contribution in [3.05, 3.63) is 17.0 Å². The van der Waals surface area contributed by atoms with Crippen LogP contribution in [-0.4, -0.2) is 35.6 Å². The van der Waals surface area contributed by atoms with E-state index in [1.54, 1.807) is 18.7 Å². The third kappa shape index (κ3) is 3.30. The number of hydrogen-bond donors (Lipinski definition) is 0. The first-order chi connectivity index (χ1) is 7.97. The summed E-state index contributed by atoms with van der Waals surface area (Å²) >= 11 is 0. The number of methoxy groups -OCH3 is 1. The summed E-state index contributed by atoms with van der Waals surface area (Å²) in [5, 5.41) is 4.18. The van der Waals surface area contributed by atoms with Gasteiger partial charge in [0.05, 0.1) is 18.4 Å². The molecule has 96 valence electrons. The molecule has 1 rings (SSSR count). The Labute approximate surface area is 102 Å². The quantitative estimate of drug-likeness (QED) is 0.734. The molecule has 0 bridgehead atoms.